The summed E-state index contributed by atoms with van der Waals surface area (Å²) >= 11 is 0. The number of fused-ring (bicyclic) bond motifs is 3. The summed E-state index contributed by atoms with van der Waals surface area (Å²) in [5, 5.41) is 15.4. The van der Waals surface area contributed by atoms with Gasteiger partial charge >= 0.3 is 0 Å². The quantitative estimate of drug-likeness (QED) is 0.621. The molecule has 6 nitrogen and oxygen atoms in total. The summed E-state index contributed by atoms with van der Waals surface area (Å²) in [5.74, 6) is 1.15. The van der Waals surface area contributed by atoms with E-state index in [1.165, 1.54) is 5.56 Å². The van der Waals surface area contributed by atoms with Crippen LogP contribution in [0.25, 0.3) is 16.7 Å². The zero-order valence-electron chi connectivity index (χ0n) is 13.9. The molecule has 120 valence electrons. The molecular weight excluding hydrogens is 300 g/mol. The number of rotatable bonds is 3. The molecule has 0 radical (unpaired) electrons. The molecule has 0 aliphatic rings. The molecule has 0 aliphatic heterocycles. The number of tetrazole rings is 1. The Morgan fingerprint density at radius 3 is 2.58 bits per heavy atom. The lowest BCUT2D eigenvalue weighted by molar-refractivity contribution is 0.840. The Balaban J connectivity index is 1.80. The highest BCUT2D eigenvalue weighted by molar-refractivity contribution is 5.84. The van der Waals surface area contributed by atoms with Crippen molar-refractivity contribution in [3.63, 3.8) is 0 Å². The van der Waals surface area contributed by atoms with Crippen LogP contribution in [-0.2, 0) is 0 Å². The van der Waals surface area contributed by atoms with Crippen molar-refractivity contribution < 1.29 is 0 Å². The summed E-state index contributed by atoms with van der Waals surface area (Å²) in [6, 6.07) is 14.4. The summed E-state index contributed by atoms with van der Waals surface area (Å²) in [7, 11) is 0. The molecule has 0 amide bonds. The molecule has 0 unspecified atom stereocenters. The molecule has 0 atom stereocenters. The summed E-state index contributed by atoms with van der Waals surface area (Å²) in [5.41, 5.74) is 5.77. The minimum absolute atomic E-state index is 0.508. The van der Waals surface area contributed by atoms with Gasteiger partial charge < -0.3 is 5.32 Å². The number of hydrogen-bond donors (Lipinski definition) is 1. The number of hydrogen-bond acceptors (Lipinski definition) is 5. The van der Waals surface area contributed by atoms with Crippen LogP contribution in [0.5, 0.6) is 0 Å². The summed E-state index contributed by atoms with van der Waals surface area (Å²) < 4.78 is 1.72. The molecule has 2 aromatic carbocycles. The lowest BCUT2D eigenvalue weighted by atomic mass is 10.0. The normalized spacial score (nSPS) is 11.5. The number of aryl methyl sites for hydroxylation is 1. The molecule has 2 aromatic heterocycles. The largest absolute Gasteiger partial charge is 0.337 e. The van der Waals surface area contributed by atoms with E-state index in [9.17, 15) is 0 Å². The van der Waals surface area contributed by atoms with Crippen LogP contribution in [0, 0.1) is 6.92 Å². The number of anilines is 2. The van der Waals surface area contributed by atoms with Crippen LogP contribution >= 0.6 is 0 Å². The van der Waals surface area contributed by atoms with E-state index in [1.54, 1.807) is 4.52 Å². The van der Waals surface area contributed by atoms with Crippen LogP contribution in [-0.4, -0.2) is 25.0 Å². The van der Waals surface area contributed by atoms with Crippen LogP contribution in [0.2, 0.25) is 0 Å². The second-order valence-electron chi connectivity index (χ2n) is 6.27. The van der Waals surface area contributed by atoms with E-state index in [1.807, 2.05) is 25.1 Å². The van der Waals surface area contributed by atoms with Crippen molar-refractivity contribution in [3.8, 4) is 0 Å². The third-order valence-electron chi connectivity index (χ3n) is 4.11. The summed E-state index contributed by atoms with van der Waals surface area (Å²) in [4.78, 5) is 4.70. The average Bonchev–Trinajstić information content (AvgIpc) is 3.06. The minimum atomic E-state index is 0.508. The third-order valence-corrected chi connectivity index (χ3v) is 4.11. The Hall–Kier alpha value is -3.02. The van der Waals surface area contributed by atoms with Gasteiger partial charge in [-0.25, -0.2) is 4.98 Å². The number of benzene rings is 2. The van der Waals surface area contributed by atoms with E-state index in [0.29, 0.717) is 17.4 Å². The predicted octanol–water partition coefficient (Wildman–Crippen LogP) is 3.85. The van der Waals surface area contributed by atoms with Gasteiger partial charge in [-0.2, -0.15) is 4.52 Å². The second kappa shape index (κ2) is 5.56. The summed E-state index contributed by atoms with van der Waals surface area (Å²) in [6.07, 6.45) is 0. The SMILES string of the molecule is Cc1ccc2nc(Nc3ccc(C(C)C)cc3)c3nnnn3c2c1. The van der Waals surface area contributed by atoms with Crippen LogP contribution < -0.4 is 5.32 Å². The van der Waals surface area contributed by atoms with Crippen molar-refractivity contribution in [1.29, 1.82) is 0 Å². The highest BCUT2D eigenvalue weighted by Gasteiger charge is 2.12. The van der Waals surface area contributed by atoms with Gasteiger partial charge in [0, 0.05) is 5.69 Å². The lowest BCUT2D eigenvalue weighted by Crippen LogP contribution is -2.01. The van der Waals surface area contributed by atoms with Crippen molar-refractivity contribution in [2.24, 2.45) is 0 Å². The second-order valence-corrected chi connectivity index (χ2v) is 6.27. The van der Waals surface area contributed by atoms with Gasteiger partial charge in [0.2, 0.25) is 5.65 Å². The van der Waals surface area contributed by atoms with Crippen LogP contribution in [0.15, 0.2) is 42.5 Å². The van der Waals surface area contributed by atoms with Crippen molar-refractivity contribution in [2.45, 2.75) is 26.7 Å². The molecule has 0 bridgehead atoms. The zero-order chi connectivity index (χ0) is 16.7. The fourth-order valence-electron chi connectivity index (χ4n) is 2.74. The maximum Gasteiger partial charge on any atom is 0.222 e. The van der Waals surface area contributed by atoms with Gasteiger partial charge in [0.1, 0.15) is 0 Å². The first kappa shape index (κ1) is 14.6. The molecule has 0 aliphatic carbocycles. The Morgan fingerprint density at radius 2 is 1.83 bits per heavy atom. The molecule has 0 saturated carbocycles. The van der Waals surface area contributed by atoms with Gasteiger partial charge in [0.25, 0.3) is 0 Å². The highest BCUT2D eigenvalue weighted by atomic mass is 15.5. The van der Waals surface area contributed by atoms with Gasteiger partial charge in [-0.05, 0) is 58.7 Å². The molecule has 0 saturated heterocycles. The molecular formula is C18H18N6. The zero-order valence-corrected chi connectivity index (χ0v) is 13.9. The van der Waals surface area contributed by atoms with E-state index in [-0.39, 0.29) is 0 Å². The maximum atomic E-state index is 4.70. The molecule has 4 rings (SSSR count). The first-order chi connectivity index (χ1) is 11.6. The van der Waals surface area contributed by atoms with Crippen molar-refractivity contribution in [1.82, 2.24) is 25.0 Å². The molecule has 2 heterocycles. The topological polar surface area (TPSA) is 68.0 Å². The lowest BCUT2D eigenvalue weighted by Gasteiger charge is -2.10. The Morgan fingerprint density at radius 1 is 1.04 bits per heavy atom. The van der Waals surface area contributed by atoms with Crippen molar-refractivity contribution >= 4 is 28.2 Å². The first-order valence-electron chi connectivity index (χ1n) is 7.97. The van der Waals surface area contributed by atoms with Crippen LogP contribution in [0.1, 0.15) is 30.9 Å². The minimum Gasteiger partial charge on any atom is -0.337 e. The van der Waals surface area contributed by atoms with Gasteiger partial charge in [-0.1, -0.05) is 32.0 Å². The standard InChI is InChI=1S/C18H18N6/c1-11(2)13-5-7-14(8-6-13)19-17-18-21-22-23-24(18)16-10-12(3)4-9-15(16)20-17/h4-11H,1-3H3,(H,19,20). The van der Waals surface area contributed by atoms with E-state index >= 15 is 0 Å². The maximum absolute atomic E-state index is 4.70. The van der Waals surface area contributed by atoms with Gasteiger partial charge in [-0.15, -0.1) is 5.10 Å². The molecule has 1 N–H and O–H groups in total. The highest BCUT2D eigenvalue weighted by Crippen LogP contribution is 2.24. The molecule has 0 spiro atoms. The monoisotopic (exact) mass is 318 g/mol. The predicted molar refractivity (Wildman–Crippen MR) is 94.6 cm³/mol. The van der Waals surface area contributed by atoms with E-state index in [0.717, 1.165) is 22.3 Å². The van der Waals surface area contributed by atoms with Crippen LogP contribution in [0.3, 0.4) is 0 Å². The number of nitrogens with one attached hydrogen (secondary N) is 1. The fraction of sp³-hybridized carbons (Fsp3) is 0.222. The molecule has 6 heteroatoms. The molecule has 24 heavy (non-hydrogen) atoms. The molecule has 4 aromatic rings. The third kappa shape index (κ3) is 2.46. The van der Waals surface area contributed by atoms with E-state index in [2.05, 4.69) is 59.0 Å². The van der Waals surface area contributed by atoms with E-state index < -0.39 is 0 Å². The Labute approximate surface area is 139 Å². The van der Waals surface area contributed by atoms with Gasteiger partial charge in [-0.3, -0.25) is 0 Å². The Kier molecular flexibility index (Phi) is 3.37. The van der Waals surface area contributed by atoms with Gasteiger partial charge in [0.05, 0.1) is 11.0 Å². The van der Waals surface area contributed by atoms with Gasteiger partial charge in [0.15, 0.2) is 5.82 Å². The van der Waals surface area contributed by atoms with E-state index in [4.69, 9.17) is 4.98 Å². The van der Waals surface area contributed by atoms with Crippen molar-refractivity contribution in [2.75, 3.05) is 5.32 Å². The van der Waals surface area contributed by atoms with Crippen molar-refractivity contribution in [3.05, 3.63) is 53.6 Å². The Bertz CT molecular complexity index is 1020. The summed E-state index contributed by atoms with van der Waals surface area (Å²) in [6.45, 7) is 6.40. The van der Waals surface area contributed by atoms with Crippen LogP contribution in [0.4, 0.5) is 11.5 Å². The fourth-order valence-corrected chi connectivity index (χ4v) is 2.74. The first-order valence-corrected chi connectivity index (χ1v) is 7.97. The smallest absolute Gasteiger partial charge is 0.222 e. The average molecular weight is 318 g/mol. The number of nitrogens with zero attached hydrogens (tertiary/aromatic N) is 5. The molecule has 0 fully saturated rings. The number of aromatic nitrogens is 5.